The maximum absolute atomic E-state index is 5.51. The summed E-state index contributed by atoms with van der Waals surface area (Å²) in [5.41, 5.74) is 2.66. The molecule has 130 valence electrons. The van der Waals surface area contributed by atoms with Gasteiger partial charge in [-0.3, -0.25) is 0 Å². The van der Waals surface area contributed by atoms with Crippen molar-refractivity contribution in [3.8, 4) is 5.69 Å². The van der Waals surface area contributed by atoms with E-state index in [1.165, 1.54) is 0 Å². The summed E-state index contributed by atoms with van der Waals surface area (Å²) in [6.07, 6.45) is 1.53. The zero-order chi connectivity index (χ0) is 17.3. The van der Waals surface area contributed by atoms with Crippen molar-refractivity contribution in [2.24, 2.45) is 0 Å². The van der Waals surface area contributed by atoms with Crippen molar-refractivity contribution < 1.29 is 9.26 Å². The van der Waals surface area contributed by atoms with Crippen molar-refractivity contribution in [1.82, 2.24) is 19.9 Å². The van der Waals surface area contributed by atoms with Crippen LogP contribution in [0.3, 0.4) is 0 Å². The van der Waals surface area contributed by atoms with Gasteiger partial charge in [-0.2, -0.15) is 5.10 Å². The quantitative estimate of drug-likeness (QED) is 0.566. The molecule has 0 saturated carbocycles. The Morgan fingerprint density at radius 1 is 1.04 bits per heavy atom. The third-order valence-corrected chi connectivity index (χ3v) is 4.76. The molecule has 1 aliphatic heterocycles. The number of rotatable bonds is 4. The third-order valence-electron chi connectivity index (χ3n) is 4.76. The summed E-state index contributed by atoms with van der Waals surface area (Å²) in [4.78, 5) is 4.84. The number of para-hydroxylation sites is 2. The lowest BCUT2D eigenvalue weighted by Gasteiger charge is -2.04. The van der Waals surface area contributed by atoms with Gasteiger partial charge in [-0.05, 0) is 30.7 Å². The third kappa shape index (κ3) is 2.68. The largest absolute Gasteiger partial charge is 0.381 e. The van der Waals surface area contributed by atoms with Gasteiger partial charge in [0, 0.05) is 17.9 Å². The summed E-state index contributed by atoms with van der Waals surface area (Å²) < 4.78 is 12.9. The molecule has 4 aromatic rings. The van der Waals surface area contributed by atoms with Gasteiger partial charge in [-0.15, -0.1) is 0 Å². The fraction of sp³-hybridized carbons (Fsp3) is 0.250. The van der Waals surface area contributed by atoms with Gasteiger partial charge in [0.25, 0.3) is 0 Å². The van der Waals surface area contributed by atoms with Gasteiger partial charge in [0.2, 0.25) is 0 Å². The molecule has 26 heavy (non-hydrogen) atoms. The van der Waals surface area contributed by atoms with E-state index in [4.69, 9.17) is 19.3 Å². The summed E-state index contributed by atoms with van der Waals surface area (Å²) in [5.74, 6) is 1.96. The lowest BCUT2D eigenvalue weighted by atomic mass is 10.1. The van der Waals surface area contributed by atoms with Crippen LogP contribution < -0.4 is 0 Å². The second kappa shape index (κ2) is 6.38. The molecule has 0 radical (unpaired) electrons. The van der Waals surface area contributed by atoms with Gasteiger partial charge < -0.3 is 9.26 Å². The fourth-order valence-electron chi connectivity index (χ4n) is 3.38. The van der Waals surface area contributed by atoms with Crippen molar-refractivity contribution in [2.75, 3.05) is 13.2 Å². The zero-order valence-electron chi connectivity index (χ0n) is 14.2. The topological polar surface area (TPSA) is 66.0 Å². The molecule has 6 nitrogen and oxygen atoms in total. The average Bonchev–Trinajstić information content (AvgIpc) is 3.43. The van der Waals surface area contributed by atoms with E-state index in [0.717, 1.165) is 47.0 Å². The van der Waals surface area contributed by atoms with Crippen LogP contribution in [0, 0.1) is 0 Å². The normalized spacial score (nSPS) is 17.2. The minimum absolute atomic E-state index is 0.257. The first kappa shape index (κ1) is 15.3. The van der Waals surface area contributed by atoms with Gasteiger partial charge >= 0.3 is 0 Å². The molecule has 6 heteroatoms. The molecule has 0 amide bonds. The number of hydrogen-bond acceptors (Lipinski definition) is 5. The average molecular weight is 346 g/mol. The van der Waals surface area contributed by atoms with Crippen LogP contribution in [-0.2, 0) is 11.2 Å². The highest BCUT2D eigenvalue weighted by atomic mass is 16.5. The molecule has 0 unspecified atom stereocenters. The van der Waals surface area contributed by atoms with E-state index in [1.807, 2.05) is 59.3 Å². The van der Waals surface area contributed by atoms with E-state index in [2.05, 4.69) is 5.16 Å². The molecule has 1 aliphatic rings. The molecule has 5 rings (SSSR count). The van der Waals surface area contributed by atoms with Crippen LogP contribution >= 0.6 is 0 Å². The molecule has 1 atom stereocenters. The predicted molar refractivity (Wildman–Crippen MR) is 96.4 cm³/mol. The minimum Gasteiger partial charge on any atom is -0.381 e. The molecule has 1 saturated heterocycles. The molecule has 1 fully saturated rings. The second-order valence-corrected chi connectivity index (χ2v) is 6.50. The Kier molecular flexibility index (Phi) is 3.75. The first-order chi connectivity index (χ1) is 12.9. The predicted octanol–water partition coefficient (Wildman–Crippen LogP) is 3.50. The smallest absolute Gasteiger partial charge is 0.167 e. The fourth-order valence-corrected chi connectivity index (χ4v) is 3.38. The summed E-state index contributed by atoms with van der Waals surface area (Å²) in [7, 11) is 0. The lowest BCUT2D eigenvalue weighted by Crippen LogP contribution is -2.04. The van der Waals surface area contributed by atoms with Crippen LogP contribution in [0.4, 0.5) is 0 Å². The highest BCUT2D eigenvalue weighted by Crippen LogP contribution is 2.26. The minimum atomic E-state index is 0.257. The molecule has 0 aliphatic carbocycles. The van der Waals surface area contributed by atoms with Gasteiger partial charge in [-0.25, -0.2) is 9.67 Å². The van der Waals surface area contributed by atoms with E-state index in [9.17, 15) is 0 Å². The van der Waals surface area contributed by atoms with E-state index < -0.39 is 0 Å². The summed E-state index contributed by atoms with van der Waals surface area (Å²) in [6, 6.07) is 18.0. The van der Waals surface area contributed by atoms with Crippen LogP contribution in [0.15, 0.2) is 59.1 Å². The van der Waals surface area contributed by atoms with Crippen molar-refractivity contribution in [2.45, 2.75) is 18.8 Å². The highest BCUT2D eigenvalue weighted by Gasteiger charge is 2.24. The van der Waals surface area contributed by atoms with Crippen LogP contribution in [-0.4, -0.2) is 33.1 Å². The van der Waals surface area contributed by atoms with Gasteiger partial charge in [-0.1, -0.05) is 35.5 Å². The van der Waals surface area contributed by atoms with Crippen LogP contribution in [0.5, 0.6) is 0 Å². The Morgan fingerprint density at radius 3 is 2.73 bits per heavy atom. The highest BCUT2D eigenvalue weighted by molar-refractivity contribution is 5.79. The summed E-state index contributed by atoms with van der Waals surface area (Å²) in [6.45, 7) is 1.46. The number of fused-ring (bicyclic) bond motifs is 1. The van der Waals surface area contributed by atoms with Crippen LogP contribution in [0.25, 0.3) is 16.7 Å². The van der Waals surface area contributed by atoms with E-state index in [0.29, 0.717) is 13.0 Å². The Hall–Kier alpha value is -2.99. The standard InChI is InChI=1S/C20H18N4O2/c1-2-6-15(7-3-1)24-19(21-20(22-24)14-10-11-25-13-14)12-17-16-8-4-5-9-18(16)26-23-17/h1-9,14H,10-13H2/t14-/m0/s1. The number of aromatic nitrogens is 4. The van der Waals surface area contributed by atoms with E-state index in [-0.39, 0.29) is 5.92 Å². The number of ether oxygens (including phenoxy) is 1. The Bertz CT molecular complexity index is 1030. The van der Waals surface area contributed by atoms with E-state index >= 15 is 0 Å². The maximum atomic E-state index is 5.51. The molecular weight excluding hydrogens is 328 g/mol. The second-order valence-electron chi connectivity index (χ2n) is 6.50. The van der Waals surface area contributed by atoms with Gasteiger partial charge in [0.1, 0.15) is 5.82 Å². The lowest BCUT2D eigenvalue weighted by molar-refractivity contribution is 0.193. The number of benzene rings is 2. The first-order valence-electron chi connectivity index (χ1n) is 8.81. The summed E-state index contributed by atoms with van der Waals surface area (Å²) >= 11 is 0. The molecule has 0 bridgehead atoms. The zero-order valence-corrected chi connectivity index (χ0v) is 14.2. The van der Waals surface area contributed by atoms with Gasteiger partial charge in [0.15, 0.2) is 11.4 Å². The van der Waals surface area contributed by atoms with Crippen molar-refractivity contribution in [3.63, 3.8) is 0 Å². The molecule has 0 spiro atoms. The molecule has 2 aromatic heterocycles. The van der Waals surface area contributed by atoms with Crippen molar-refractivity contribution in [1.29, 1.82) is 0 Å². The molecule has 2 aromatic carbocycles. The first-order valence-corrected chi connectivity index (χ1v) is 8.81. The SMILES string of the molecule is c1ccc(-n2nc([C@H]3CCOC3)nc2Cc2noc3ccccc23)cc1. The Balaban J connectivity index is 1.58. The Morgan fingerprint density at radius 2 is 1.88 bits per heavy atom. The molecule has 3 heterocycles. The number of hydrogen-bond donors (Lipinski definition) is 0. The van der Waals surface area contributed by atoms with Crippen LogP contribution in [0.1, 0.15) is 29.7 Å². The van der Waals surface area contributed by atoms with Crippen LogP contribution in [0.2, 0.25) is 0 Å². The monoisotopic (exact) mass is 346 g/mol. The number of nitrogens with zero attached hydrogens (tertiary/aromatic N) is 4. The maximum Gasteiger partial charge on any atom is 0.167 e. The molecule has 0 N–H and O–H groups in total. The van der Waals surface area contributed by atoms with Crippen molar-refractivity contribution >= 4 is 11.0 Å². The Labute approximate surface area is 150 Å². The van der Waals surface area contributed by atoms with E-state index in [1.54, 1.807) is 0 Å². The molecular formula is C20H18N4O2. The summed E-state index contributed by atoms with van der Waals surface area (Å²) in [5, 5.41) is 10.1. The van der Waals surface area contributed by atoms with Crippen molar-refractivity contribution in [3.05, 3.63) is 71.9 Å². The van der Waals surface area contributed by atoms with Gasteiger partial charge in [0.05, 0.1) is 24.4 Å².